The van der Waals surface area contributed by atoms with Crippen molar-refractivity contribution in [3.05, 3.63) is 82.9 Å². The summed E-state index contributed by atoms with van der Waals surface area (Å²) in [7, 11) is -1.19. The predicted molar refractivity (Wildman–Crippen MR) is 138 cm³/mol. The highest BCUT2D eigenvalue weighted by atomic mass is 32.2. The minimum Gasteiger partial charge on any atom is -0.493 e. The lowest BCUT2D eigenvalue weighted by Gasteiger charge is -2.26. The average Bonchev–Trinajstić information content (AvgIpc) is 2.81. The highest BCUT2D eigenvalue weighted by Gasteiger charge is 2.29. The average molecular weight is 497 g/mol. The van der Waals surface area contributed by atoms with Crippen LogP contribution in [0.2, 0.25) is 0 Å². The maximum atomic E-state index is 13.8. The normalized spacial score (nSPS) is 12.1. The molecule has 0 aliphatic heterocycles. The van der Waals surface area contributed by atoms with E-state index in [1.54, 1.807) is 12.1 Å². The first-order valence-electron chi connectivity index (χ1n) is 11.2. The SMILES string of the molecule is COc1ccc(S(=O)(=O)N(CC(=O)NC(C)c2ccc(C)cc2)c2cc(C)cc(C)c2)cc1OC. The molecule has 7 nitrogen and oxygen atoms in total. The number of anilines is 1. The second-order valence-corrected chi connectivity index (χ2v) is 10.4. The molecule has 0 aromatic heterocycles. The molecule has 0 radical (unpaired) electrons. The number of rotatable bonds is 9. The molecule has 0 aliphatic rings. The zero-order valence-corrected chi connectivity index (χ0v) is 21.8. The molecule has 1 N–H and O–H groups in total. The third kappa shape index (κ3) is 6.14. The third-order valence-electron chi connectivity index (χ3n) is 5.68. The van der Waals surface area contributed by atoms with Crippen molar-refractivity contribution in [3.63, 3.8) is 0 Å². The number of carbonyl (C=O) groups excluding carboxylic acids is 1. The van der Waals surface area contributed by atoms with Crippen molar-refractivity contribution in [3.8, 4) is 11.5 Å². The van der Waals surface area contributed by atoms with Gasteiger partial charge in [-0.25, -0.2) is 8.42 Å². The van der Waals surface area contributed by atoms with Gasteiger partial charge in [0.15, 0.2) is 11.5 Å². The van der Waals surface area contributed by atoms with E-state index in [-0.39, 0.29) is 23.2 Å². The quantitative estimate of drug-likeness (QED) is 0.464. The first-order chi connectivity index (χ1) is 16.5. The van der Waals surface area contributed by atoms with Crippen molar-refractivity contribution < 1.29 is 22.7 Å². The van der Waals surface area contributed by atoms with Crippen molar-refractivity contribution in [2.75, 3.05) is 25.1 Å². The summed E-state index contributed by atoms with van der Waals surface area (Å²) in [5.41, 5.74) is 4.25. The van der Waals surface area contributed by atoms with Crippen LogP contribution in [0.4, 0.5) is 5.69 Å². The van der Waals surface area contributed by atoms with Crippen LogP contribution >= 0.6 is 0 Å². The standard InChI is InChI=1S/C27H32N2O5S/c1-18-7-9-22(10-8-18)21(4)28-27(30)17-29(23-14-19(2)13-20(3)15-23)35(31,32)24-11-12-25(33-5)26(16-24)34-6/h7-16,21H,17H2,1-6H3,(H,28,30). The first kappa shape index (κ1) is 26.1. The summed E-state index contributed by atoms with van der Waals surface area (Å²) in [6.45, 7) is 7.25. The van der Waals surface area contributed by atoms with Gasteiger partial charge in [-0.3, -0.25) is 9.10 Å². The number of hydrogen-bond acceptors (Lipinski definition) is 5. The number of nitrogens with zero attached hydrogens (tertiary/aromatic N) is 1. The maximum Gasteiger partial charge on any atom is 0.264 e. The molecule has 0 fully saturated rings. The summed E-state index contributed by atoms with van der Waals surface area (Å²) in [5, 5.41) is 2.92. The van der Waals surface area contributed by atoms with E-state index in [9.17, 15) is 13.2 Å². The number of methoxy groups -OCH3 is 2. The van der Waals surface area contributed by atoms with Crippen LogP contribution in [0.5, 0.6) is 11.5 Å². The molecule has 0 saturated carbocycles. The minimum atomic E-state index is -4.11. The molecule has 186 valence electrons. The van der Waals surface area contributed by atoms with E-state index in [0.29, 0.717) is 11.4 Å². The molecule has 0 bridgehead atoms. The van der Waals surface area contributed by atoms with Crippen LogP contribution in [0.3, 0.4) is 0 Å². The fourth-order valence-corrected chi connectivity index (χ4v) is 5.29. The molecular formula is C27H32N2O5S. The van der Waals surface area contributed by atoms with Crippen molar-refractivity contribution in [1.82, 2.24) is 5.32 Å². The maximum absolute atomic E-state index is 13.8. The number of hydrogen-bond donors (Lipinski definition) is 1. The summed E-state index contributed by atoms with van der Waals surface area (Å²) in [6.07, 6.45) is 0. The van der Waals surface area contributed by atoms with Gasteiger partial charge in [0.25, 0.3) is 10.0 Å². The number of sulfonamides is 1. The molecule has 0 heterocycles. The summed E-state index contributed by atoms with van der Waals surface area (Å²) in [6, 6.07) is 17.4. The van der Waals surface area contributed by atoms with Crippen LogP contribution in [0.1, 0.15) is 35.2 Å². The lowest BCUT2D eigenvalue weighted by atomic mass is 10.1. The second kappa shape index (κ2) is 10.8. The number of carbonyl (C=O) groups is 1. The smallest absolute Gasteiger partial charge is 0.264 e. The molecule has 35 heavy (non-hydrogen) atoms. The highest BCUT2D eigenvalue weighted by Crippen LogP contribution is 2.32. The third-order valence-corrected chi connectivity index (χ3v) is 7.45. The van der Waals surface area contributed by atoms with Gasteiger partial charge >= 0.3 is 0 Å². The molecule has 1 unspecified atom stereocenters. The largest absolute Gasteiger partial charge is 0.493 e. The Kier molecular flexibility index (Phi) is 8.07. The van der Waals surface area contributed by atoms with Crippen LogP contribution in [0.15, 0.2) is 65.6 Å². The number of nitrogens with one attached hydrogen (secondary N) is 1. The van der Waals surface area contributed by atoms with Crippen LogP contribution < -0.4 is 19.1 Å². The Bertz CT molecular complexity index is 1280. The Hall–Kier alpha value is -3.52. The van der Waals surface area contributed by atoms with E-state index in [4.69, 9.17) is 9.47 Å². The van der Waals surface area contributed by atoms with Gasteiger partial charge in [-0.1, -0.05) is 35.9 Å². The van der Waals surface area contributed by atoms with E-state index in [0.717, 1.165) is 26.6 Å². The Balaban J connectivity index is 1.98. The van der Waals surface area contributed by atoms with Crippen LogP contribution in [-0.4, -0.2) is 35.1 Å². The molecule has 8 heteroatoms. The van der Waals surface area contributed by atoms with Gasteiger partial charge in [0.1, 0.15) is 6.54 Å². The summed E-state index contributed by atoms with van der Waals surface area (Å²) < 4.78 is 39.3. The van der Waals surface area contributed by atoms with Gasteiger partial charge in [-0.05, 0) is 68.7 Å². The van der Waals surface area contributed by atoms with E-state index < -0.39 is 15.9 Å². The Morgan fingerprint density at radius 1 is 0.857 bits per heavy atom. The zero-order valence-electron chi connectivity index (χ0n) is 21.0. The Morgan fingerprint density at radius 2 is 1.46 bits per heavy atom. The van der Waals surface area contributed by atoms with E-state index in [1.807, 2.05) is 58.0 Å². The highest BCUT2D eigenvalue weighted by molar-refractivity contribution is 7.92. The van der Waals surface area contributed by atoms with Crippen LogP contribution in [0, 0.1) is 20.8 Å². The topological polar surface area (TPSA) is 84.9 Å². The van der Waals surface area contributed by atoms with Gasteiger partial charge in [0.2, 0.25) is 5.91 Å². The molecule has 0 spiro atoms. The molecule has 1 amide bonds. The Labute approximate surface area is 207 Å². The molecule has 3 aromatic carbocycles. The van der Waals surface area contributed by atoms with Gasteiger partial charge in [0.05, 0.1) is 30.8 Å². The molecular weight excluding hydrogens is 464 g/mol. The fourth-order valence-electron chi connectivity index (χ4n) is 3.87. The van der Waals surface area contributed by atoms with E-state index in [1.165, 1.54) is 32.4 Å². The van der Waals surface area contributed by atoms with Crippen LogP contribution in [-0.2, 0) is 14.8 Å². The fraction of sp³-hybridized carbons (Fsp3) is 0.296. The molecule has 0 aliphatic carbocycles. The first-order valence-corrected chi connectivity index (χ1v) is 12.7. The number of aryl methyl sites for hydroxylation is 3. The van der Waals surface area contributed by atoms with Crippen molar-refractivity contribution >= 4 is 21.6 Å². The van der Waals surface area contributed by atoms with E-state index in [2.05, 4.69) is 5.32 Å². The molecule has 1 atom stereocenters. The number of amides is 1. The summed E-state index contributed by atoms with van der Waals surface area (Å²) >= 11 is 0. The van der Waals surface area contributed by atoms with E-state index >= 15 is 0 Å². The van der Waals surface area contributed by atoms with Gasteiger partial charge in [-0.2, -0.15) is 0 Å². The van der Waals surface area contributed by atoms with Crippen LogP contribution in [0.25, 0.3) is 0 Å². The van der Waals surface area contributed by atoms with Gasteiger partial charge < -0.3 is 14.8 Å². The van der Waals surface area contributed by atoms with Gasteiger partial charge in [-0.15, -0.1) is 0 Å². The lowest BCUT2D eigenvalue weighted by Crippen LogP contribution is -2.41. The summed E-state index contributed by atoms with van der Waals surface area (Å²) in [5.74, 6) is 0.279. The zero-order chi connectivity index (χ0) is 25.8. The van der Waals surface area contributed by atoms with Crippen molar-refractivity contribution in [2.24, 2.45) is 0 Å². The monoisotopic (exact) mass is 496 g/mol. The van der Waals surface area contributed by atoms with Crippen molar-refractivity contribution in [2.45, 2.75) is 38.6 Å². The summed E-state index contributed by atoms with van der Waals surface area (Å²) in [4.78, 5) is 13.1. The van der Waals surface area contributed by atoms with Gasteiger partial charge in [0, 0.05) is 6.07 Å². The molecule has 0 saturated heterocycles. The number of benzene rings is 3. The Morgan fingerprint density at radius 3 is 2.03 bits per heavy atom. The second-order valence-electron chi connectivity index (χ2n) is 8.57. The van der Waals surface area contributed by atoms with Crippen molar-refractivity contribution in [1.29, 1.82) is 0 Å². The minimum absolute atomic E-state index is 0.00584. The molecule has 3 rings (SSSR count). The lowest BCUT2D eigenvalue weighted by molar-refractivity contribution is -0.120. The molecule has 3 aromatic rings. The number of ether oxygens (including phenoxy) is 2. The predicted octanol–water partition coefficient (Wildman–Crippen LogP) is 4.70.